The summed E-state index contributed by atoms with van der Waals surface area (Å²) in [5.74, 6) is -0.0268. The number of hydrogen-bond donors (Lipinski definition) is 3. The average Bonchev–Trinajstić information content (AvgIpc) is 3.38. The number of ether oxygens (including phenoxy) is 2. The molecule has 3 N–H and O–H groups in total. The Morgan fingerprint density at radius 2 is 1.87 bits per heavy atom. The zero-order valence-electron chi connectivity index (χ0n) is 28.0. The molecule has 13 heteroatoms. The molecule has 0 spiro atoms. The van der Waals surface area contributed by atoms with E-state index in [9.17, 15) is 19.5 Å². The van der Waals surface area contributed by atoms with E-state index in [1.165, 1.54) is 12.4 Å². The van der Waals surface area contributed by atoms with Crippen LogP contribution in [0.1, 0.15) is 72.2 Å². The minimum Gasteiger partial charge on any atom is -0.490 e. The zero-order chi connectivity index (χ0) is 34.1. The molecule has 0 unspecified atom stereocenters. The second-order valence-electron chi connectivity index (χ2n) is 12.2. The molecule has 0 saturated heterocycles. The van der Waals surface area contributed by atoms with E-state index in [1.54, 1.807) is 68.0 Å². The molecule has 0 saturated carbocycles. The number of likely N-dealkylation sites (N-methyl/N-ethyl adjacent to an activating group) is 1. The second-order valence-corrected chi connectivity index (χ2v) is 12.2. The number of carbonyl (C=O) groups excluding carboxylic acids is 3. The normalized spacial score (nSPS) is 19.9. The van der Waals surface area contributed by atoms with Crippen LogP contribution < -0.4 is 15.4 Å². The quantitative estimate of drug-likeness (QED) is 0.323. The molecule has 4 rings (SSSR count). The van der Waals surface area contributed by atoms with Gasteiger partial charge in [-0.05, 0) is 77.3 Å². The van der Waals surface area contributed by atoms with Gasteiger partial charge in [0.05, 0.1) is 30.4 Å². The van der Waals surface area contributed by atoms with Gasteiger partial charge >= 0.3 is 6.03 Å². The van der Waals surface area contributed by atoms with E-state index in [4.69, 9.17) is 14.0 Å². The fourth-order valence-corrected chi connectivity index (χ4v) is 5.39. The molecule has 47 heavy (non-hydrogen) atoms. The number of anilines is 2. The number of nitrogens with one attached hydrogen (secondary N) is 2. The average molecular weight is 651 g/mol. The molecule has 3 aromatic rings. The number of aliphatic hydroxyl groups is 1. The summed E-state index contributed by atoms with van der Waals surface area (Å²) in [5.41, 5.74) is 2.23. The highest BCUT2D eigenvalue weighted by Crippen LogP contribution is 2.29. The summed E-state index contributed by atoms with van der Waals surface area (Å²) in [4.78, 5) is 47.5. The lowest BCUT2D eigenvalue weighted by Gasteiger charge is -2.35. The highest BCUT2D eigenvalue weighted by molar-refractivity contribution is 6.05. The summed E-state index contributed by atoms with van der Waals surface area (Å²) in [7, 11) is 1.69. The Balaban J connectivity index is 1.60. The summed E-state index contributed by atoms with van der Waals surface area (Å²) in [6.45, 7) is 9.86. The smallest absolute Gasteiger partial charge is 0.321 e. The zero-order valence-corrected chi connectivity index (χ0v) is 28.0. The van der Waals surface area contributed by atoms with Crippen molar-refractivity contribution in [1.82, 2.24) is 19.9 Å². The number of rotatable bonds is 7. The number of benzene rings is 1. The number of pyridine rings is 1. The Kier molecular flexibility index (Phi) is 12.3. The summed E-state index contributed by atoms with van der Waals surface area (Å²) in [6, 6.07) is 7.34. The number of fused-ring (bicyclic) bond motifs is 1. The van der Waals surface area contributed by atoms with Crippen molar-refractivity contribution in [1.29, 1.82) is 0 Å². The first-order chi connectivity index (χ1) is 22.5. The number of carbonyl (C=O) groups is 3. The van der Waals surface area contributed by atoms with E-state index in [-0.39, 0.29) is 55.1 Å². The lowest BCUT2D eigenvalue weighted by atomic mass is 10.0. The topological polar surface area (TPSA) is 159 Å². The number of amides is 4. The predicted molar refractivity (Wildman–Crippen MR) is 177 cm³/mol. The van der Waals surface area contributed by atoms with Crippen LogP contribution in [0.4, 0.5) is 16.2 Å². The first-order valence-corrected chi connectivity index (χ1v) is 16.0. The van der Waals surface area contributed by atoms with Crippen LogP contribution in [-0.4, -0.2) is 94.5 Å². The predicted octanol–water partition coefficient (Wildman–Crippen LogP) is 4.90. The van der Waals surface area contributed by atoms with Gasteiger partial charge in [0.25, 0.3) is 11.8 Å². The van der Waals surface area contributed by atoms with Gasteiger partial charge in [0.15, 0.2) is 5.76 Å². The molecule has 0 bridgehead atoms. The van der Waals surface area contributed by atoms with Gasteiger partial charge in [0.2, 0.25) is 0 Å². The van der Waals surface area contributed by atoms with Gasteiger partial charge in [-0.1, -0.05) is 12.1 Å². The van der Waals surface area contributed by atoms with Crippen molar-refractivity contribution in [3.63, 3.8) is 0 Å². The molecule has 1 aliphatic heterocycles. The molecule has 2 aromatic heterocycles. The van der Waals surface area contributed by atoms with Gasteiger partial charge in [-0.2, -0.15) is 0 Å². The van der Waals surface area contributed by atoms with Gasteiger partial charge in [-0.3, -0.25) is 14.6 Å². The summed E-state index contributed by atoms with van der Waals surface area (Å²) < 4.78 is 17.8. The lowest BCUT2D eigenvalue weighted by molar-refractivity contribution is -0.0115. The van der Waals surface area contributed by atoms with E-state index in [1.807, 2.05) is 13.8 Å². The number of hydrogen-bond acceptors (Lipinski definition) is 9. The van der Waals surface area contributed by atoms with Crippen LogP contribution in [0.3, 0.4) is 0 Å². The van der Waals surface area contributed by atoms with Crippen LogP contribution in [0.5, 0.6) is 5.75 Å². The molecule has 254 valence electrons. The molecule has 4 amide bonds. The fourth-order valence-electron chi connectivity index (χ4n) is 5.39. The minimum atomic E-state index is -0.542. The fraction of sp³-hybridized carbons (Fsp3) is 0.500. The van der Waals surface area contributed by atoms with Crippen molar-refractivity contribution in [2.24, 2.45) is 5.92 Å². The van der Waals surface area contributed by atoms with Crippen molar-refractivity contribution in [2.45, 2.75) is 72.1 Å². The monoisotopic (exact) mass is 650 g/mol. The second kappa shape index (κ2) is 16.4. The van der Waals surface area contributed by atoms with E-state index < -0.39 is 12.1 Å². The maximum atomic E-state index is 14.3. The van der Waals surface area contributed by atoms with Crippen LogP contribution in [0.15, 0.2) is 47.2 Å². The van der Waals surface area contributed by atoms with Crippen LogP contribution in [0.2, 0.25) is 0 Å². The molecule has 1 aliphatic rings. The van der Waals surface area contributed by atoms with Crippen molar-refractivity contribution in [3.05, 3.63) is 65.3 Å². The Hall–Kier alpha value is -4.49. The van der Waals surface area contributed by atoms with Crippen LogP contribution >= 0.6 is 0 Å². The third kappa shape index (κ3) is 9.29. The molecule has 0 fully saturated rings. The first-order valence-electron chi connectivity index (χ1n) is 16.0. The van der Waals surface area contributed by atoms with Gasteiger partial charge < -0.3 is 39.5 Å². The largest absolute Gasteiger partial charge is 0.490 e. The van der Waals surface area contributed by atoms with Gasteiger partial charge in [0.1, 0.15) is 17.1 Å². The number of aromatic nitrogens is 2. The maximum Gasteiger partial charge on any atom is 0.321 e. The highest BCUT2D eigenvalue weighted by atomic mass is 16.5. The van der Waals surface area contributed by atoms with Crippen molar-refractivity contribution < 1.29 is 33.5 Å². The molecule has 3 heterocycles. The van der Waals surface area contributed by atoms with Crippen LogP contribution in [0, 0.1) is 19.8 Å². The maximum absolute atomic E-state index is 14.3. The number of aryl methyl sites for hydroxylation is 2. The first kappa shape index (κ1) is 35.4. The van der Waals surface area contributed by atoms with Crippen LogP contribution in [0.25, 0.3) is 0 Å². The van der Waals surface area contributed by atoms with Crippen molar-refractivity contribution in [2.75, 3.05) is 44.0 Å². The Labute approximate surface area is 275 Å². The van der Waals surface area contributed by atoms with E-state index >= 15 is 0 Å². The number of aliphatic hydroxyl groups excluding tert-OH is 1. The number of urea groups is 1. The van der Waals surface area contributed by atoms with Gasteiger partial charge in [-0.25, -0.2) is 4.79 Å². The molecule has 1 aromatic carbocycles. The molecular weight excluding hydrogens is 604 g/mol. The minimum absolute atomic E-state index is 0.195. The number of nitrogens with zero attached hydrogens (tertiary/aromatic N) is 4. The van der Waals surface area contributed by atoms with E-state index in [0.717, 1.165) is 19.3 Å². The molecule has 13 nitrogen and oxygen atoms in total. The van der Waals surface area contributed by atoms with Crippen LogP contribution in [-0.2, 0) is 4.74 Å². The van der Waals surface area contributed by atoms with E-state index in [0.29, 0.717) is 40.7 Å². The summed E-state index contributed by atoms with van der Waals surface area (Å²) in [5, 5.41) is 19.8. The van der Waals surface area contributed by atoms with E-state index in [2.05, 4.69) is 20.8 Å². The Bertz CT molecular complexity index is 1490. The molecular formula is C34H46N6O7. The molecule has 0 aliphatic carbocycles. The molecule has 0 radical (unpaired) electrons. The third-order valence-corrected chi connectivity index (χ3v) is 8.32. The highest BCUT2D eigenvalue weighted by Gasteiger charge is 2.31. The lowest BCUT2D eigenvalue weighted by Crippen LogP contribution is -2.48. The van der Waals surface area contributed by atoms with Crippen molar-refractivity contribution in [3.8, 4) is 5.75 Å². The SMILES string of the molecule is Cc1noc(C)c1NC(=O)N(C)C[C@H]1OCCCC[C@H](C)Oc2ccc(NC(=O)c3ccncc3)cc2C(=O)N([C@@H](C)CO)C[C@@H]1C. The van der Waals surface area contributed by atoms with Crippen molar-refractivity contribution >= 4 is 29.2 Å². The van der Waals surface area contributed by atoms with Gasteiger partial charge in [-0.15, -0.1) is 0 Å². The Morgan fingerprint density at radius 1 is 1.13 bits per heavy atom. The standard InChI is InChI=1S/C34H46N6O7/c1-21-18-40(22(2)20-41)33(43)28-17-27(36-32(42)26-12-14-35-15-13-26)10-11-29(28)46-23(3)9-7-8-16-45-30(21)19-39(6)34(44)37-31-24(4)38-47-25(31)5/h10-15,17,21-23,30,41H,7-9,16,18-20H2,1-6H3,(H,36,42)(H,37,44)/t21-,22-,23-,30+/m0/s1. The summed E-state index contributed by atoms with van der Waals surface area (Å²) in [6.07, 6.45) is 4.81. The third-order valence-electron chi connectivity index (χ3n) is 8.32. The summed E-state index contributed by atoms with van der Waals surface area (Å²) >= 11 is 0. The molecule has 4 atom stereocenters. The van der Waals surface area contributed by atoms with Gasteiger partial charge in [0, 0.05) is 56.3 Å². The Morgan fingerprint density at radius 3 is 2.55 bits per heavy atom.